The van der Waals surface area contributed by atoms with Crippen LogP contribution in [0, 0.1) is 0 Å². The molecule has 3 rings (SSSR count). The molecule has 3 aromatic rings. The molecule has 0 unspecified atom stereocenters. The fourth-order valence-electron chi connectivity index (χ4n) is 2.47. The molecule has 1 N–H and O–H groups in total. The first-order chi connectivity index (χ1) is 12.9. The quantitative estimate of drug-likeness (QED) is 0.624. The lowest BCUT2D eigenvalue weighted by Crippen LogP contribution is -2.26. The molecule has 1 amide bonds. The molecule has 0 aliphatic heterocycles. The van der Waals surface area contributed by atoms with Crippen LogP contribution >= 0.6 is 11.8 Å². The summed E-state index contributed by atoms with van der Waals surface area (Å²) in [5.41, 5.74) is 0.0874. The number of fused-ring (bicyclic) bond motifs is 1. The Bertz CT molecular complexity index is 1010. The van der Waals surface area contributed by atoms with E-state index in [1.165, 1.54) is 11.8 Å². The SMILES string of the molecule is O=C(CSc1cccc2cccnc12)Nc1cc(C(=O)[O-])cc(C(=O)[O-])c1. The zero-order valence-electron chi connectivity index (χ0n) is 13.8. The summed E-state index contributed by atoms with van der Waals surface area (Å²) in [5.74, 6) is -3.49. The molecule has 0 fully saturated rings. The van der Waals surface area contributed by atoms with Crippen molar-refractivity contribution in [3.63, 3.8) is 0 Å². The number of carboxylic acids is 2. The topological polar surface area (TPSA) is 122 Å². The van der Waals surface area contributed by atoms with E-state index in [-0.39, 0.29) is 22.6 Å². The van der Waals surface area contributed by atoms with Crippen LogP contribution in [-0.2, 0) is 4.79 Å². The third-order valence-corrected chi connectivity index (χ3v) is 4.69. The molecular formula is C19H12N2O5S-2. The number of aromatic nitrogens is 1. The molecule has 0 spiro atoms. The minimum atomic E-state index is -1.55. The van der Waals surface area contributed by atoms with E-state index in [0.29, 0.717) is 0 Å². The van der Waals surface area contributed by atoms with Gasteiger partial charge in [-0.1, -0.05) is 18.2 Å². The van der Waals surface area contributed by atoms with Gasteiger partial charge in [0.15, 0.2) is 0 Å². The van der Waals surface area contributed by atoms with Crippen LogP contribution < -0.4 is 15.5 Å². The molecule has 136 valence electrons. The van der Waals surface area contributed by atoms with E-state index in [9.17, 15) is 24.6 Å². The Morgan fingerprint density at radius 2 is 1.63 bits per heavy atom. The Morgan fingerprint density at radius 1 is 0.963 bits per heavy atom. The number of hydrogen-bond donors (Lipinski definition) is 1. The van der Waals surface area contributed by atoms with Gasteiger partial charge in [-0.2, -0.15) is 0 Å². The van der Waals surface area contributed by atoms with Gasteiger partial charge in [-0.05, 0) is 41.5 Å². The molecule has 1 aromatic heterocycles. The highest BCUT2D eigenvalue weighted by molar-refractivity contribution is 8.00. The predicted octanol–water partition coefficient (Wildman–Crippen LogP) is 0.693. The number of amides is 1. The van der Waals surface area contributed by atoms with Crippen LogP contribution in [0.25, 0.3) is 10.9 Å². The number of aromatic carboxylic acids is 2. The number of carbonyl (C=O) groups excluding carboxylic acids is 3. The van der Waals surface area contributed by atoms with Crippen LogP contribution in [0.2, 0.25) is 0 Å². The largest absolute Gasteiger partial charge is 0.545 e. The lowest BCUT2D eigenvalue weighted by molar-refractivity contribution is -0.255. The number of nitrogens with zero attached hydrogens (tertiary/aromatic N) is 1. The first-order valence-corrected chi connectivity index (χ1v) is 8.77. The summed E-state index contributed by atoms with van der Waals surface area (Å²) in [6.07, 6.45) is 1.67. The number of hydrogen-bond acceptors (Lipinski definition) is 7. The second-order valence-corrected chi connectivity index (χ2v) is 6.56. The summed E-state index contributed by atoms with van der Waals surface area (Å²) in [6, 6.07) is 12.5. The van der Waals surface area contributed by atoms with Crippen LogP contribution in [0.3, 0.4) is 0 Å². The monoisotopic (exact) mass is 380 g/mol. The Labute approximate surface area is 158 Å². The van der Waals surface area contributed by atoms with Crippen molar-refractivity contribution in [1.82, 2.24) is 4.98 Å². The van der Waals surface area contributed by atoms with Crippen LogP contribution in [0.15, 0.2) is 59.6 Å². The van der Waals surface area contributed by atoms with Crippen molar-refractivity contribution in [2.24, 2.45) is 0 Å². The summed E-state index contributed by atoms with van der Waals surface area (Å²) in [5, 5.41) is 25.4. The summed E-state index contributed by atoms with van der Waals surface area (Å²) < 4.78 is 0. The van der Waals surface area contributed by atoms with Crippen molar-refractivity contribution in [2.75, 3.05) is 11.1 Å². The second-order valence-electron chi connectivity index (χ2n) is 5.54. The zero-order chi connectivity index (χ0) is 19.4. The van der Waals surface area contributed by atoms with Gasteiger partial charge in [-0.25, -0.2) is 0 Å². The maximum absolute atomic E-state index is 12.2. The second kappa shape index (κ2) is 7.88. The van der Waals surface area contributed by atoms with E-state index >= 15 is 0 Å². The Hall–Kier alpha value is -3.39. The molecule has 27 heavy (non-hydrogen) atoms. The number of carboxylic acid groups (broad SMARTS) is 2. The number of pyridine rings is 1. The van der Waals surface area contributed by atoms with Crippen molar-refractivity contribution in [1.29, 1.82) is 0 Å². The van der Waals surface area contributed by atoms with E-state index in [2.05, 4.69) is 10.3 Å². The van der Waals surface area contributed by atoms with Crippen molar-refractivity contribution >= 4 is 46.2 Å². The van der Waals surface area contributed by atoms with Crippen LogP contribution in [0.1, 0.15) is 20.7 Å². The fourth-order valence-corrected chi connectivity index (χ4v) is 3.31. The molecule has 0 bridgehead atoms. The Kier molecular flexibility index (Phi) is 5.37. The smallest absolute Gasteiger partial charge is 0.234 e. The van der Waals surface area contributed by atoms with E-state index < -0.39 is 17.8 Å². The average molecular weight is 380 g/mol. The molecule has 0 saturated heterocycles. The first-order valence-electron chi connectivity index (χ1n) is 7.78. The zero-order valence-corrected chi connectivity index (χ0v) is 14.6. The van der Waals surface area contributed by atoms with Crippen LogP contribution in [0.5, 0.6) is 0 Å². The standard InChI is InChI=1S/C19H14N2O5S/c22-16(10-27-15-5-1-3-11-4-2-6-20-17(11)15)21-14-8-12(18(23)24)7-13(9-14)19(25)26/h1-9H,10H2,(H,21,22)(H,23,24)(H,25,26)/p-2. The minimum absolute atomic E-state index is 0.0336. The molecule has 8 heteroatoms. The number of carbonyl (C=O) groups is 3. The van der Waals surface area contributed by atoms with Crippen LogP contribution in [-0.4, -0.2) is 28.6 Å². The number of para-hydroxylation sites is 1. The number of nitrogens with one attached hydrogen (secondary N) is 1. The molecular weight excluding hydrogens is 368 g/mol. The number of benzene rings is 2. The normalized spacial score (nSPS) is 10.5. The van der Waals surface area contributed by atoms with E-state index in [4.69, 9.17) is 0 Å². The molecule has 1 heterocycles. The number of thioether (sulfide) groups is 1. The number of rotatable bonds is 6. The molecule has 0 radical (unpaired) electrons. The molecule has 0 atom stereocenters. The highest BCUT2D eigenvalue weighted by Gasteiger charge is 2.09. The van der Waals surface area contributed by atoms with Crippen molar-refractivity contribution in [2.45, 2.75) is 4.90 Å². The van der Waals surface area contributed by atoms with Gasteiger partial charge in [-0.15, -0.1) is 11.8 Å². The molecule has 0 aliphatic carbocycles. The molecule has 7 nitrogen and oxygen atoms in total. The summed E-state index contributed by atoms with van der Waals surface area (Å²) in [7, 11) is 0. The minimum Gasteiger partial charge on any atom is -0.545 e. The lowest BCUT2D eigenvalue weighted by Gasteiger charge is -2.12. The maximum Gasteiger partial charge on any atom is 0.234 e. The summed E-state index contributed by atoms with van der Waals surface area (Å²) in [6.45, 7) is 0. The fraction of sp³-hybridized carbons (Fsp3) is 0.0526. The van der Waals surface area contributed by atoms with Gasteiger partial charge in [-0.3, -0.25) is 9.78 Å². The third-order valence-electron chi connectivity index (χ3n) is 3.64. The van der Waals surface area contributed by atoms with Gasteiger partial charge in [0.2, 0.25) is 5.91 Å². The van der Waals surface area contributed by atoms with Gasteiger partial charge >= 0.3 is 0 Å². The van der Waals surface area contributed by atoms with E-state index in [1.54, 1.807) is 6.20 Å². The van der Waals surface area contributed by atoms with Crippen molar-refractivity contribution < 1.29 is 24.6 Å². The molecule has 0 aliphatic rings. The Morgan fingerprint density at radius 3 is 2.30 bits per heavy atom. The first kappa shape index (κ1) is 18.4. The van der Waals surface area contributed by atoms with E-state index in [1.807, 2.05) is 30.3 Å². The molecule has 2 aromatic carbocycles. The average Bonchev–Trinajstić information content (AvgIpc) is 2.66. The summed E-state index contributed by atoms with van der Waals surface area (Å²) >= 11 is 1.27. The van der Waals surface area contributed by atoms with Crippen molar-refractivity contribution in [3.8, 4) is 0 Å². The third kappa shape index (κ3) is 4.42. The highest BCUT2D eigenvalue weighted by Crippen LogP contribution is 2.26. The predicted molar refractivity (Wildman–Crippen MR) is 96.2 cm³/mol. The van der Waals surface area contributed by atoms with Gasteiger partial charge in [0.05, 0.1) is 23.2 Å². The van der Waals surface area contributed by atoms with Gasteiger partial charge in [0, 0.05) is 22.2 Å². The van der Waals surface area contributed by atoms with Crippen LogP contribution in [0.4, 0.5) is 5.69 Å². The number of anilines is 1. The van der Waals surface area contributed by atoms with E-state index in [0.717, 1.165) is 34.0 Å². The lowest BCUT2D eigenvalue weighted by atomic mass is 10.1. The van der Waals surface area contributed by atoms with Gasteiger partial charge < -0.3 is 25.1 Å². The maximum atomic E-state index is 12.2. The Balaban J connectivity index is 1.74. The summed E-state index contributed by atoms with van der Waals surface area (Å²) in [4.78, 5) is 39.3. The van der Waals surface area contributed by atoms with Gasteiger partial charge in [0.25, 0.3) is 0 Å². The van der Waals surface area contributed by atoms with Crippen molar-refractivity contribution in [3.05, 3.63) is 65.9 Å². The highest BCUT2D eigenvalue weighted by atomic mass is 32.2. The molecule has 0 saturated carbocycles. The van der Waals surface area contributed by atoms with Gasteiger partial charge in [0.1, 0.15) is 0 Å².